The van der Waals surface area contributed by atoms with Gasteiger partial charge in [0.2, 0.25) is 0 Å². The van der Waals surface area contributed by atoms with Crippen LogP contribution in [0.1, 0.15) is 12.8 Å². The molecule has 1 saturated carbocycles. The Morgan fingerprint density at radius 1 is 1.42 bits per heavy atom. The number of aliphatic hydroxyl groups excluding tert-OH is 2. The van der Waals surface area contributed by atoms with Crippen molar-refractivity contribution < 1.29 is 14.9 Å². The summed E-state index contributed by atoms with van der Waals surface area (Å²) in [4.78, 5) is 0. The maximum atomic E-state index is 8.76. The van der Waals surface area contributed by atoms with Gasteiger partial charge < -0.3 is 20.3 Å². The standard InChI is InChI=1S/C8H17NO3/c1-12-8-2-6(3-8)9-7(4-10)5-11/h6-11H,2-5H2,1H3. The van der Waals surface area contributed by atoms with Crippen LogP contribution < -0.4 is 5.32 Å². The molecule has 0 saturated heterocycles. The topological polar surface area (TPSA) is 61.7 Å². The molecule has 72 valence electrons. The van der Waals surface area contributed by atoms with Gasteiger partial charge in [-0.05, 0) is 12.8 Å². The Bertz CT molecular complexity index is 121. The van der Waals surface area contributed by atoms with Crippen molar-refractivity contribution in [3.05, 3.63) is 0 Å². The Hall–Kier alpha value is -0.160. The van der Waals surface area contributed by atoms with Crippen molar-refractivity contribution in [2.75, 3.05) is 20.3 Å². The van der Waals surface area contributed by atoms with Gasteiger partial charge in [0, 0.05) is 13.2 Å². The van der Waals surface area contributed by atoms with Gasteiger partial charge in [0.05, 0.1) is 25.4 Å². The molecular weight excluding hydrogens is 158 g/mol. The first-order valence-electron chi connectivity index (χ1n) is 4.30. The zero-order valence-electron chi connectivity index (χ0n) is 7.36. The zero-order chi connectivity index (χ0) is 8.97. The molecule has 0 spiro atoms. The monoisotopic (exact) mass is 175 g/mol. The second-order valence-corrected chi connectivity index (χ2v) is 3.25. The highest BCUT2D eigenvalue weighted by Crippen LogP contribution is 2.22. The predicted octanol–water partition coefficient (Wildman–Crippen LogP) is -0.893. The first-order chi connectivity index (χ1) is 5.80. The van der Waals surface area contributed by atoms with Crippen LogP contribution in [0.2, 0.25) is 0 Å². The van der Waals surface area contributed by atoms with Crippen LogP contribution in [0.4, 0.5) is 0 Å². The summed E-state index contributed by atoms with van der Waals surface area (Å²) in [5.74, 6) is 0. The van der Waals surface area contributed by atoms with Gasteiger partial charge in [-0.15, -0.1) is 0 Å². The number of methoxy groups -OCH3 is 1. The molecule has 3 N–H and O–H groups in total. The first kappa shape index (κ1) is 9.92. The van der Waals surface area contributed by atoms with E-state index in [1.165, 1.54) is 0 Å². The van der Waals surface area contributed by atoms with Crippen LogP contribution in [0.5, 0.6) is 0 Å². The summed E-state index contributed by atoms with van der Waals surface area (Å²) in [6.07, 6.45) is 2.32. The SMILES string of the molecule is COC1CC(NC(CO)CO)C1. The fourth-order valence-electron chi connectivity index (χ4n) is 1.39. The molecule has 4 nitrogen and oxygen atoms in total. The van der Waals surface area contributed by atoms with E-state index in [-0.39, 0.29) is 19.3 Å². The van der Waals surface area contributed by atoms with Gasteiger partial charge >= 0.3 is 0 Å². The van der Waals surface area contributed by atoms with Crippen LogP contribution in [-0.2, 0) is 4.74 Å². The van der Waals surface area contributed by atoms with E-state index in [0.717, 1.165) is 12.8 Å². The number of nitrogens with one attached hydrogen (secondary N) is 1. The minimum atomic E-state index is -0.173. The van der Waals surface area contributed by atoms with Gasteiger partial charge in [-0.3, -0.25) is 0 Å². The summed E-state index contributed by atoms with van der Waals surface area (Å²) in [7, 11) is 1.70. The maximum Gasteiger partial charge on any atom is 0.0607 e. The molecule has 0 aromatic carbocycles. The third-order valence-corrected chi connectivity index (χ3v) is 2.34. The van der Waals surface area contributed by atoms with Crippen molar-refractivity contribution in [3.63, 3.8) is 0 Å². The van der Waals surface area contributed by atoms with Crippen molar-refractivity contribution >= 4 is 0 Å². The van der Waals surface area contributed by atoms with Crippen molar-refractivity contribution in [2.45, 2.75) is 31.0 Å². The van der Waals surface area contributed by atoms with E-state index in [4.69, 9.17) is 14.9 Å². The van der Waals surface area contributed by atoms with Gasteiger partial charge in [0.1, 0.15) is 0 Å². The Kier molecular flexibility index (Phi) is 3.94. The third kappa shape index (κ3) is 2.42. The molecule has 0 aliphatic heterocycles. The molecule has 0 aromatic rings. The molecule has 0 bridgehead atoms. The highest BCUT2D eigenvalue weighted by Gasteiger charge is 2.29. The Morgan fingerprint density at radius 3 is 2.42 bits per heavy atom. The first-order valence-corrected chi connectivity index (χ1v) is 4.30. The summed E-state index contributed by atoms with van der Waals surface area (Å²) < 4.78 is 5.10. The molecule has 0 atom stereocenters. The lowest BCUT2D eigenvalue weighted by Crippen LogP contribution is -2.51. The largest absolute Gasteiger partial charge is 0.395 e. The van der Waals surface area contributed by atoms with Crippen LogP contribution in [0.25, 0.3) is 0 Å². The van der Waals surface area contributed by atoms with Crippen LogP contribution in [0, 0.1) is 0 Å². The number of aliphatic hydroxyl groups is 2. The fraction of sp³-hybridized carbons (Fsp3) is 1.00. The molecule has 0 aromatic heterocycles. The summed E-state index contributed by atoms with van der Waals surface area (Å²) in [5.41, 5.74) is 0. The molecule has 4 heteroatoms. The Morgan fingerprint density at radius 2 is 2.00 bits per heavy atom. The van der Waals surface area contributed by atoms with Crippen LogP contribution in [0.3, 0.4) is 0 Å². The van der Waals surface area contributed by atoms with Crippen LogP contribution in [-0.4, -0.2) is 48.7 Å². The molecule has 1 rings (SSSR count). The number of hydrogen-bond acceptors (Lipinski definition) is 4. The quantitative estimate of drug-likeness (QED) is 0.507. The van der Waals surface area contributed by atoms with Gasteiger partial charge in [-0.25, -0.2) is 0 Å². The zero-order valence-corrected chi connectivity index (χ0v) is 7.36. The van der Waals surface area contributed by atoms with E-state index in [2.05, 4.69) is 5.32 Å². The van der Waals surface area contributed by atoms with E-state index < -0.39 is 0 Å². The Balaban J connectivity index is 2.09. The van der Waals surface area contributed by atoms with E-state index in [1.807, 2.05) is 0 Å². The average Bonchev–Trinajstić information content (AvgIpc) is 2.03. The van der Waals surface area contributed by atoms with E-state index in [9.17, 15) is 0 Å². The molecule has 0 unspecified atom stereocenters. The molecule has 0 amide bonds. The molecular formula is C8H17NO3. The molecule has 1 aliphatic rings. The second-order valence-electron chi connectivity index (χ2n) is 3.25. The number of ether oxygens (including phenoxy) is 1. The van der Waals surface area contributed by atoms with E-state index >= 15 is 0 Å². The molecule has 0 radical (unpaired) electrons. The van der Waals surface area contributed by atoms with Crippen LogP contribution in [0.15, 0.2) is 0 Å². The van der Waals surface area contributed by atoms with E-state index in [0.29, 0.717) is 12.1 Å². The lowest BCUT2D eigenvalue weighted by molar-refractivity contribution is 0.00853. The predicted molar refractivity (Wildman–Crippen MR) is 44.9 cm³/mol. The molecule has 1 fully saturated rings. The maximum absolute atomic E-state index is 8.76. The number of hydrogen-bond donors (Lipinski definition) is 3. The summed E-state index contributed by atoms with van der Waals surface area (Å²) in [6, 6.07) is 0.229. The van der Waals surface area contributed by atoms with Crippen molar-refractivity contribution in [3.8, 4) is 0 Å². The van der Waals surface area contributed by atoms with Crippen molar-refractivity contribution in [2.24, 2.45) is 0 Å². The lowest BCUT2D eigenvalue weighted by atomic mass is 9.89. The molecule has 1 aliphatic carbocycles. The molecule has 12 heavy (non-hydrogen) atoms. The Labute approximate surface area is 72.5 Å². The summed E-state index contributed by atoms with van der Waals surface area (Å²) >= 11 is 0. The molecule has 0 heterocycles. The van der Waals surface area contributed by atoms with Crippen LogP contribution >= 0.6 is 0 Å². The van der Waals surface area contributed by atoms with Crippen molar-refractivity contribution in [1.29, 1.82) is 0 Å². The summed E-state index contributed by atoms with van der Waals surface area (Å²) in [5, 5.41) is 20.7. The van der Waals surface area contributed by atoms with Gasteiger partial charge in [0.15, 0.2) is 0 Å². The van der Waals surface area contributed by atoms with E-state index in [1.54, 1.807) is 7.11 Å². The highest BCUT2D eigenvalue weighted by molar-refractivity contribution is 4.87. The second kappa shape index (κ2) is 4.77. The van der Waals surface area contributed by atoms with Gasteiger partial charge in [-0.2, -0.15) is 0 Å². The smallest absolute Gasteiger partial charge is 0.0607 e. The lowest BCUT2D eigenvalue weighted by Gasteiger charge is -2.36. The highest BCUT2D eigenvalue weighted by atomic mass is 16.5. The average molecular weight is 175 g/mol. The minimum Gasteiger partial charge on any atom is -0.395 e. The number of rotatable bonds is 5. The minimum absolute atomic E-state index is 0.00928. The summed E-state index contributed by atoms with van der Waals surface area (Å²) in [6.45, 7) is -0.0186. The van der Waals surface area contributed by atoms with Crippen molar-refractivity contribution in [1.82, 2.24) is 5.32 Å². The normalized spacial score (nSPS) is 29.0. The van der Waals surface area contributed by atoms with Gasteiger partial charge in [-0.1, -0.05) is 0 Å². The van der Waals surface area contributed by atoms with Gasteiger partial charge in [0.25, 0.3) is 0 Å². The third-order valence-electron chi connectivity index (χ3n) is 2.34. The fourth-order valence-corrected chi connectivity index (χ4v) is 1.39.